The number of hydrogen-bond donors (Lipinski definition) is 1. The van der Waals surface area contributed by atoms with Crippen LogP contribution in [0.5, 0.6) is 0 Å². The molecule has 0 atom stereocenters. The van der Waals surface area contributed by atoms with Gasteiger partial charge in [0.25, 0.3) is 0 Å². The molecule has 3 rings (SSSR count). The fraction of sp³-hybridized carbons (Fsp3) is 0.176. The highest BCUT2D eigenvalue weighted by Crippen LogP contribution is 2.28. The highest BCUT2D eigenvalue weighted by molar-refractivity contribution is 5.94. The maximum Gasteiger partial charge on any atom is 0.339 e. The molecule has 0 aliphatic rings. The van der Waals surface area contributed by atoms with Gasteiger partial charge < -0.3 is 9.51 Å². The number of imidazole rings is 1. The Morgan fingerprint density at radius 2 is 1.86 bits per heavy atom. The van der Waals surface area contributed by atoms with E-state index in [-0.39, 0.29) is 5.56 Å². The summed E-state index contributed by atoms with van der Waals surface area (Å²) in [4.78, 5) is 15.8. The monoisotopic (exact) mass is 280 g/mol. The first-order valence-corrected chi connectivity index (χ1v) is 6.76. The number of aromatic nitrogens is 2. The van der Waals surface area contributed by atoms with Crippen molar-refractivity contribution in [1.29, 1.82) is 0 Å². The molecule has 0 saturated heterocycles. The number of rotatable bonds is 2. The first-order valence-electron chi connectivity index (χ1n) is 6.76. The Labute approximate surface area is 122 Å². The number of carbonyl (C=O) groups is 1. The van der Waals surface area contributed by atoms with Crippen molar-refractivity contribution in [2.75, 3.05) is 0 Å². The van der Waals surface area contributed by atoms with E-state index in [0.29, 0.717) is 5.65 Å². The van der Waals surface area contributed by atoms with Gasteiger partial charge in [0, 0.05) is 18.0 Å². The van der Waals surface area contributed by atoms with E-state index in [2.05, 4.69) is 37.9 Å². The molecule has 0 unspecified atom stereocenters. The first kappa shape index (κ1) is 13.4. The summed E-state index contributed by atoms with van der Waals surface area (Å²) in [5.74, 6) is -0.963. The molecule has 0 aliphatic heterocycles. The molecule has 21 heavy (non-hydrogen) atoms. The minimum atomic E-state index is -0.963. The van der Waals surface area contributed by atoms with Crippen molar-refractivity contribution >= 4 is 11.6 Å². The predicted octanol–water partition coefficient (Wildman–Crippen LogP) is 3.62. The first-order chi connectivity index (χ1) is 9.97. The third-order valence-electron chi connectivity index (χ3n) is 3.65. The van der Waals surface area contributed by atoms with Gasteiger partial charge in [-0.05, 0) is 44.0 Å². The molecule has 0 saturated carbocycles. The van der Waals surface area contributed by atoms with Gasteiger partial charge in [0.05, 0.1) is 5.69 Å². The van der Waals surface area contributed by atoms with Gasteiger partial charge in [-0.3, -0.25) is 0 Å². The Morgan fingerprint density at radius 1 is 1.19 bits per heavy atom. The molecule has 1 aromatic carbocycles. The summed E-state index contributed by atoms with van der Waals surface area (Å²) in [6, 6.07) is 7.52. The Morgan fingerprint density at radius 3 is 2.48 bits per heavy atom. The lowest BCUT2D eigenvalue weighted by molar-refractivity contribution is 0.0698. The highest BCUT2D eigenvalue weighted by atomic mass is 16.4. The van der Waals surface area contributed by atoms with Crippen molar-refractivity contribution < 1.29 is 9.90 Å². The zero-order valence-corrected chi connectivity index (χ0v) is 12.2. The smallest absolute Gasteiger partial charge is 0.339 e. The maximum atomic E-state index is 11.3. The van der Waals surface area contributed by atoms with E-state index in [1.807, 2.05) is 12.4 Å². The lowest BCUT2D eigenvalue weighted by Crippen LogP contribution is -1.99. The predicted molar refractivity (Wildman–Crippen MR) is 81.8 cm³/mol. The number of aryl methyl sites for hydroxylation is 3. The second-order valence-corrected chi connectivity index (χ2v) is 5.36. The van der Waals surface area contributed by atoms with Gasteiger partial charge in [-0.1, -0.05) is 17.7 Å². The second-order valence-electron chi connectivity index (χ2n) is 5.36. The highest BCUT2D eigenvalue weighted by Gasteiger charge is 2.15. The van der Waals surface area contributed by atoms with Crippen molar-refractivity contribution in [2.24, 2.45) is 0 Å². The van der Waals surface area contributed by atoms with E-state index < -0.39 is 5.97 Å². The molecule has 0 bridgehead atoms. The molecule has 1 N–H and O–H groups in total. The number of carboxylic acids is 1. The van der Waals surface area contributed by atoms with Crippen molar-refractivity contribution in [3.8, 4) is 11.3 Å². The van der Waals surface area contributed by atoms with Crippen LogP contribution in [-0.2, 0) is 0 Å². The minimum Gasteiger partial charge on any atom is -0.478 e. The Kier molecular flexibility index (Phi) is 3.01. The van der Waals surface area contributed by atoms with Crippen molar-refractivity contribution in [1.82, 2.24) is 9.38 Å². The Balaban J connectivity index is 2.28. The van der Waals surface area contributed by atoms with Crippen LogP contribution in [0.4, 0.5) is 0 Å². The molecule has 0 amide bonds. The van der Waals surface area contributed by atoms with E-state index in [0.717, 1.165) is 22.4 Å². The third-order valence-corrected chi connectivity index (χ3v) is 3.65. The van der Waals surface area contributed by atoms with Crippen molar-refractivity contribution in [3.63, 3.8) is 0 Å². The molecule has 0 spiro atoms. The molecule has 0 fully saturated rings. The van der Waals surface area contributed by atoms with Crippen LogP contribution in [0.1, 0.15) is 27.0 Å². The number of carboxylic acid groups (broad SMARTS) is 1. The molecule has 4 heteroatoms. The normalized spacial score (nSPS) is 11.0. The number of benzene rings is 1. The summed E-state index contributed by atoms with van der Waals surface area (Å²) in [5.41, 5.74) is 6.06. The zero-order valence-electron chi connectivity index (χ0n) is 12.2. The summed E-state index contributed by atoms with van der Waals surface area (Å²) >= 11 is 0. The maximum absolute atomic E-state index is 11.3. The van der Waals surface area contributed by atoms with Crippen LogP contribution >= 0.6 is 0 Å². The van der Waals surface area contributed by atoms with E-state index in [4.69, 9.17) is 0 Å². The molecule has 3 aromatic rings. The summed E-state index contributed by atoms with van der Waals surface area (Å²) in [5, 5.41) is 9.25. The van der Waals surface area contributed by atoms with Crippen LogP contribution in [0.25, 0.3) is 16.9 Å². The Hall–Kier alpha value is -2.62. The molecule has 106 valence electrons. The molecule has 0 radical (unpaired) electrons. The molecular weight excluding hydrogens is 264 g/mol. The van der Waals surface area contributed by atoms with E-state index in [1.165, 1.54) is 5.56 Å². The number of hydrogen-bond acceptors (Lipinski definition) is 2. The SMILES string of the molecule is Cc1cc(C)c(-c2cn3cccc(C(=O)O)c3n2)c(C)c1. The average Bonchev–Trinajstić information content (AvgIpc) is 2.79. The van der Waals surface area contributed by atoms with Crippen LogP contribution < -0.4 is 0 Å². The number of pyridine rings is 1. The van der Waals surface area contributed by atoms with Crippen LogP contribution in [0.15, 0.2) is 36.7 Å². The number of nitrogens with zero attached hydrogens (tertiary/aromatic N) is 2. The van der Waals surface area contributed by atoms with Crippen molar-refractivity contribution in [3.05, 3.63) is 58.9 Å². The summed E-state index contributed by atoms with van der Waals surface area (Å²) in [7, 11) is 0. The lowest BCUT2D eigenvalue weighted by Gasteiger charge is -2.08. The van der Waals surface area contributed by atoms with Gasteiger partial charge in [-0.15, -0.1) is 0 Å². The van der Waals surface area contributed by atoms with Crippen molar-refractivity contribution in [2.45, 2.75) is 20.8 Å². The standard InChI is InChI=1S/C17H16N2O2/c1-10-7-11(2)15(12(3)8-10)14-9-19-6-4-5-13(17(20)21)16(19)18-14/h4-9H,1-3H3,(H,20,21). The van der Waals surface area contributed by atoms with E-state index in [9.17, 15) is 9.90 Å². The fourth-order valence-corrected chi connectivity index (χ4v) is 2.88. The molecule has 0 aliphatic carbocycles. The van der Waals surface area contributed by atoms with E-state index in [1.54, 1.807) is 16.5 Å². The average molecular weight is 280 g/mol. The zero-order chi connectivity index (χ0) is 15.1. The number of fused-ring (bicyclic) bond motifs is 1. The van der Waals surface area contributed by atoms with Gasteiger partial charge in [0.1, 0.15) is 5.56 Å². The van der Waals surface area contributed by atoms with Crippen LogP contribution in [0.2, 0.25) is 0 Å². The van der Waals surface area contributed by atoms with Crippen LogP contribution in [-0.4, -0.2) is 20.5 Å². The van der Waals surface area contributed by atoms with Gasteiger partial charge >= 0.3 is 5.97 Å². The van der Waals surface area contributed by atoms with Gasteiger partial charge in [-0.2, -0.15) is 0 Å². The van der Waals surface area contributed by atoms with Gasteiger partial charge in [0.2, 0.25) is 0 Å². The quantitative estimate of drug-likeness (QED) is 0.780. The summed E-state index contributed by atoms with van der Waals surface area (Å²) < 4.78 is 1.76. The van der Waals surface area contributed by atoms with Crippen LogP contribution in [0, 0.1) is 20.8 Å². The second kappa shape index (κ2) is 4.74. The minimum absolute atomic E-state index is 0.214. The third kappa shape index (κ3) is 2.18. The molecule has 4 nitrogen and oxygen atoms in total. The van der Waals surface area contributed by atoms with E-state index >= 15 is 0 Å². The summed E-state index contributed by atoms with van der Waals surface area (Å²) in [6.45, 7) is 6.17. The number of aromatic carboxylic acids is 1. The Bertz CT molecular complexity index is 839. The van der Waals surface area contributed by atoms with Gasteiger partial charge in [-0.25, -0.2) is 9.78 Å². The lowest BCUT2D eigenvalue weighted by atomic mass is 9.98. The summed E-state index contributed by atoms with van der Waals surface area (Å²) in [6.07, 6.45) is 3.70. The fourth-order valence-electron chi connectivity index (χ4n) is 2.88. The molecular formula is C17H16N2O2. The molecule has 2 heterocycles. The van der Waals surface area contributed by atoms with Gasteiger partial charge in [0.15, 0.2) is 5.65 Å². The largest absolute Gasteiger partial charge is 0.478 e. The topological polar surface area (TPSA) is 54.6 Å². The van der Waals surface area contributed by atoms with Crippen LogP contribution in [0.3, 0.4) is 0 Å². The molecule has 2 aromatic heterocycles.